The second-order valence-electron chi connectivity index (χ2n) is 6.94. The van der Waals surface area contributed by atoms with Crippen molar-refractivity contribution in [3.8, 4) is 0 Å². The topological polar surface area (TPSA) is 64.7 Å². The minimum Gasteiger partial charge on any atom is -0.348 e. The van der Waals surface area contributed by atoms with Crippen LogP contribution in [0.5, 0.6) is 0 Å². The van der Waals surface area contributed by atoms with E-state index in [4.69, 9.17) is 0 Å². The molecule has 0 aliphatic heterocycles. The zero-order valence-electron chi connectivity index (χ0n) is 16.4. The fraction of sp³-hybridized carbons (Fsp3) is 0.381. The van der Waals surface area contributed by atoms with Crippen LogP contribution in [0.4, 0.5) is 0 Å². The van der Waals surface area contributed by atoms with E-state index in [1.165, 1.54) is 0 Å². The second kappa shape index (κ2) is 8.20. The summed E-state index contributed by atoms with van der Waals surface area (Å²) >= 11 is 0. The van der Waals surface area contributed by atoms with Gasteiger partial charge < -0.3 is 9.88 Å². The third-order valence-corrected chi connectivity index (χ3v) is 5.16. The molecule has 0 saturated carbocycles. The highest BCUT2D eigenvalue weighted by atomic mass is 16.2. The van der Waals surface area contributed by atoms with Gasteiger partial charge in [0.2, 0.25) is 5.91 Å². The van der Waals surface area contributed by atoms with E-state index in [2.05, 4.69) is 32.1 Å². The molecule has 2 heterocycles. The minimum absolute atomic E-state index is 0.0307. The van der Waals surface area contributed by atoms with Crippen molar-refractivity contribution in [1.29, 1.82) is 0 Å². The summed E-state index contributed by atoms with van der Waals surface area (Å²) in [6.07, 6.45) is 4.57. The van der Waals surface area contributed by atoms with Gasteiger partial charge in [0.15, 0.2) is 0 Å². The number of hydrogen-bond donors (Lipinski definition) is 1. The molecule has 6 nitrogen and oxygen atoms in total. The Kier molecular flexibility index (Phi) is 5.74. The third-order valence-electron chi connectivity index (χ3n) is 5.16. The number of benzene rings is 1. The summed E-state index contributed by atoms with van der Waals surface area (Å²) in [6, 6.07) is 10.0. The number of nitrogens with zero attached hydrogens (tertiary/aromatic N) is 4. The number of rotatable bonds is 7. The largest absolute Gasteiger partial charge is 0.348 e. The number of aryl methyl sites for hydroxylation is 3. The molecule has 3 aromatic rings. The van der Waals surface area contributed by atoms with Gasteiger partial charge in [0.1, 0.15) is 12.4 Å². The maximum Gasteiger partial charge on any atom is 0.242 e. The van der Waals surface area contributed by atoms with E-state index in [0.29, 0.717) is 0 Å². The number of nitrogens with one attached hydrogen (secondary N) is 1. The van der Waals surface area contributed by atoms with Crippen LogP contribution >= 0.6 is 0 Å². The standard InChI is InChI=1S/C21H27N5O/c1-15-16(2)24-26(17(15)3)14-21(27)23-20(19-8-6-5-7-9-19)10-12-25-13-11-22-18(25)4/h5-9,11,13,20H,10,12,14H2,1-4H3,(H,23,27). The lowest BCUT2D eigenvalue weighted by Gasteiger charge is -2.20. The van der Waals surface area contributed by atoms with Crippen molar-refractivity contribution in [2.24, 2.45) is 0 Å². The Bertz CT molecular complexity index is 910. The van der Waals surface area contributed by atoms with Gasteiger partial charge in [0, 0.05) is 24.6 Å². The van der Waals surface area contributed by atoms with Crippen LogP contribution in [-0.2, 0) is 17.9 Å². The van der Waals surface area contributed by atoms with Crippen LogP contribution in [0, 0.1) is 27.7 Å². The highest BCUT2D eigenvalue weighted by Gasteiger charge is 2.17. The van der Waals surface area contributed by atoms with Crippen LogP contribution in [0.1, 0.15) is 40.8 Å². The van der Waals surface area contributed by atoms with Crippen LogP contribution in [0.15, 0.2) is 42.7 Å². The van der Waals surface area contributed by atoms with Gasteiger partial charge in [-0.25, -0.2) is 4.98 Å². The summed E-state index contributed by atoms with van der Waals surface area (Å²) in [6.45, 7) is 9.02. The maximum atomic E-state index is 12.7. The van der Waals surface area contributed by atoms with E-state index in [1.807, 2.05) is 52.1 Å². The number of amides is 1. The highest BCUT2D eigenvalue weighted by molar-refractivity contribution is 5.76. The first-order chi connectivity index (χ1) is 13.0. The monoisotopic (exact) mass is 365 g/mol. The molecule has 1 aromatic carbocycles. The van der Waals surface area contributed by atoms with Crippen molar-refractivity contribution in [2.75, 3.05) is 0 Å². The Hall–Kier alpha value is -2.89. The zero-order chi connectivity index (χ0) is 19.4. The fourth-order valence-electron chi connectivity index (χ4n) is 3.23. The van der Waals surface area contributed by atoms with E-state index >= 15 is 0 Å². The third kappa shape index (κ3) is 4.45. The predicted molar refractivity (Wildman–Crippen MR) is 105 cm³/mol. The maximum absolute atomic E-state index is 12.7. The molecular formula is C21H27N5O. The minimum atomic E-state index is -0.0569. The van der Waals surface area contributed by atoms with Crippen molar-refractivity contribution in [1.82, 2.24) is 24.6 Å². The van der Waals surface area contributed by atoms with Gasteiger partial charge >= 0.3 is 0 Å². The quantitative estimate of drug-likeness (QED) is 0.699. The lowest BCUT2D eigenvalue weighted by atomic mass is 10.0. The SMILES string of the molecule is Cc1nn(CC(=O)NC(CCn2ccnc2C)c2ccccc2)c(C)c1C. The number of carbonyl (C=O) groups is 1. The van der Waals surface area contributed by atoms with Crippen LogP contribution in [0.2, 0.25) is 0 Å². The summed E-state index contributed by atoms with van der Waals surface area (Å²) in [5.41, 5.74) is 4.25. The molecule has 142 valence electrons. The Balaban J connectivity index is 1.71. The Morgan fingerprint density at radius 2 is 1.89 bits per heavy atom. The molecule has 0 spiro atoms. The van der Waals surface area contributed by atoms with Gasteiger partial charge in [-0.15, -0.1) is 0 Å². The summed E-state index contributed by atoms with van der Waals surface area (Å²) in [4.78, 5) is 17.0. The zero-order valence-corrected chi connectivity index (χ0v) is 16.4. The number of imidazole rings is 1. The number of hydrogen-bond acceptors (Lipinski definition) is 3. The van der Waals surface area contributed by atoms with Gasteiger partial charge in [0.05, 0.1) is 11.7 Å². The molecule has 1 N–H and O–H groups in total. The summed E-state index contributed by atoms with van der Waals surface area (Å²) in [5.74, 6) is 0.947. The van der Waals surface area contributed by atoms with Crippen LogP contribution in [0.3, 0.4) is 0 Å². The Morgan fingerprint density at radius 3 is 2.48 bits per heavy atom. The molecule has 3 rings (SSSR count). The highest BCUT2D eigenvalue weighted by Crippen LogP contribution is 2.18. The molecule has 0 fully saturated rings. The van der Waals surface area contributed by atoms with Crippen molar-refractivity contribution in [2.45, 2.75) is 53.2 Å². The van der Waals surface area contributed by atoms with Gasteiger partial charge in [0.25, 0.3) is 0 Å². The molecule has 27 heavy (non-hydrogen) atoms. The summed E-state index contributed by atoms with van der Waals surface area (Å²) < 4.78 is 3.88. The molecule has 0 radical (unpaired) electrons. The molecular weight excluding hydrogens is 338 g/mol. The lowest BCUT2D eigenvalue weighted by molar-refractivity contribution is -0.122. The predicted octanol–water partition coefficient (Wildman–Crippen LogP) is 3.26. The van der Waals surface area contributed by atoms with Crippen LogP contribution in [-0.4, -0.2) is 25.2 Å². The van der Waals surface area contributed by atoms with E-state index in [-0.39, 0.29) is 18.5 Å². The molecule has 0 aliphatic rings. The van der Waals surface area contributed by atoms with Gasteiger partial charge in [-0.2, -0.15) is 5.10 Å². The van der Waals surface area contributed by atoms with Gasteiger partial charge in [-0.3, -0.25) is 9.48 Å². The van der Waals surface area contributed by atoms with Crippen LogP contribution < -0.4 is 5.32 Å². The molecule has 1 atom stereocenters. The van der Waals surface area contributed by atoms with E-state index in [9.17, 15) is 4.79 Å². The smallest absolute Gasteiger partial charge is 0.242 e. The summed E-state index contributed by atoms with van der Waals surface area (Å²) in [5, 5.41) is 7.66. The molecule has 0 saturated heterocycles. The number of aromatic nitrogens is 4. The first kappa shape index (κ1) is 18.9. The molecule has 2 aromatic heterocycles. The van der Waals surface area contributed by atoms with Crippen molar-refractivity contribution >= 4 is 5.91 Å². The first-order valence-corrected chi connectivity index (χ1v) is 9.28. The first-order valence-electron chi connectivity index (χ1n) is 9.28. The van der Waals surface area contributed by atoms with Crippen molar-refractivity contribution < 1.29 is 4.79 Å². The fourth-order valence-corrected chi connectivity index (χ4v) is 3.23. The molecule has 1 amide bonds. The number of carbonyl (C=O) groups excluding carboxylic acids is 1. The normalized spacial score (nSPS) is 12.1. The van der Waals surface area contributed by atoms with Gasteiger partial charge in [-0.05, 0) is 45.2 Å². The van der Waals surface area contributed by atoms with Crippen LogP contribution in [0.25, 0.3) is 0 Å². The Labute approximate surface area is 160 Å². The second-order valence-corrected chi connectivity index (χ2v) is 6.94. The van der Waals surface area contributed by atoms with E-state index in [1.54, 1.807) is 10.9 Å². The van der Waals surface area contributed by atoms with Crippen molar-refractivity contribution in [3.05, 3.63) is 71.1 Å². The summed E-state index contributed by atoms with van der Waals surface area (Å²) in [7, 11) is 0. The van der Waals surface area contributed by atoms with E-state index < -0.39 is 0 Å². The Morgan fingerprint density at radius 1 is 1.15 bits per heavy atom. The van der Waals surface area contributed by atoms with Crippen molar-refractivity contribution in [3.63, 3.8) is 0 Å². The molecule has 0 aliphatic carbocycles. The average Bonchev–Trinajstić information content (AvgIpc) is 3.18. The molecule has 6 heteroatoms. The van der Waals surface area contributed by atoms with Gasteiger partial charge in [-0.1, -0.05) is 30.3 Å². The lowest BCUT2D eigenvalue weighted by Crippen LogP contribution is -2.32. The average molecular weight is 365 g/mol. The van der Waals surface area contributed by atoms with E-state index in [0.717, 1.165) is 41.3 Å². The molecule has 0 bridgehead atoms. The molecule has 1 unspecified atom stereocenters.